The molecule has 0 aliphatic rings. The van der Waals surface area contributed by atoms with Crippen molar-refractivity contribution in [1.29, 1.82) is 0 Å². The van der Waals surface area contributed by atoms with Crippen molar-refractivity contribution in [3.8, 4) is 0 Å². The van der Waals surface area contributed by atoms with Crippen molar-refractivity contribution in [3.05, 3.63) is 91.0 Å². The van der Waals surface area contributed by atoms with Gasteiger partial charge in [0.2, 0.25) is 0 Å². The van der Waals surface area contributed by atoms with E-state index < -0.39 is 6.15 Å². The van der Waals surface area contributed by atoms with Crippen LogP contribution in [0.1, 0.15) is 1.43 Å². The van der Waals surface area contributed by atoms with Crippen LogP contribution in [0.4, 0.5) is 0 Å². The standard InChI is InChI=1S/C19H18B/c1-20(17-11-5-2-6-12-17,18-13-7-3-8-14-18)19-15-9-4-10-16-19/h2-16H,1H3/q-1/p+1. The highest BCUT2D eigenvalue weighted by Gasteiger charge is 2.23. The molecule has 0 bridgehead atoms. The maximum Gasteiger partial charge on any atom is 1.00 e. The van der Waals surface area contributed by atoms with Crippen LogP contribution in [0.2, 0.25) is 6.82 Å². The van der Waals surface area contributed by atoms with Crippen LogP contribution in [0.5, 0.6) is 0 Å². The fraction of sp³-hybridized carbons (Fsp3) is 0.0526. The molecule has 0 unspecified atom stereocenters. The second kappa shape index (κ2) is 5.38. The van der Waals surface area contributed by atoms with Gasteiger partial charge >= 0.3 is 1.43 Å². The molecule has 0 nitrogen and oxygen atoms in total. The van der Waals surface area contributed by atoms with Crippen molar-refractivity contribution < 1.29 is 1.43 Å². The predicted octanol–water partition coefficient (Wildman–Crippen LogP) is 2.90. The third kappa shape index (κ3) is 2.16. The smallest absolute Gasteiger partial charge is 0.200 e. The van der Waals surface area contributed by atoms with E-state index in [0.717, 1.165) is 0 Å². The largest absolute Gasteiger partial charge is 1.00 e. The fourth-order valence-electron chi connectivity index (χ4n) is 3.09. The van der Waals surface area contributed by atoms with Crippen molar-refractivity contribution in [2.45, 2.75) is 6.82 Å². The maximum absolute atomic E-state index is 2.36. The van der Waals surface area contributed by atoms with Gasteiger partial charge in [0.05, 0.1) is 6.15 Å². The Balaban J connectivity index is 0.00000161. The van der Waals surface area contributed by atoms with Gasteiger partial charge in [-0.2, -0.15) is 6.82 Å². The lowest BCUT2D eigenvalue weighted by atomic mass is 9.17. The Bertz CT molecular complexity index is 569. The topological polar surface area (TPSA) is 0 Å². The summed E-state index contributed by atoms with van der Waals surface area (Å²) in [5, 5.41) is 0. The Hall–Kier alpha value is -2.28. The quantitative estimate of drug-likeness (QED) is 0.634. The highest BCUT2D eigenvalue weighted by atomic mass is 14.0. The molecule has 0 saturated heterocycles. The summed E-state index contributed by atoms with van der Waals surface area (Å²) in [4.78, 5) is 0. The average Bonchev–Trinajstić information content (AvgIpc) is 2.56. The minimum atomic E-state index is -0.912. The Morgan fingerprint density at radius 3 is 1.00 bits per heavy atom. The first kappa shape index (κ1) is 12.7. The molecule has 0 spiro atoms. The molecule has 0 aliphatic heterocycles. The van der Waals surface area contributed by atoms with Gasteiger partial charge in [-0.05, 0) is 0 Å². The fourth-order valence-corrected chi connectivity index (χ4v) is 3.09. The molecule has 1 heteroatoms. The second-order valence-corrected chi connectivity index (χ2v) is 5.53. The van der Waals surface area contributed by atoms with Crippen LogP contribution in [0.25, 0.3) is 0 Å². The third-order valence-corrected chi connectivity index (χ3v) is 4.40. The van der Waals surface area contributed by atoms with E-state index in [4.69, 9.17) is 0 Å². The Kier molecular flexibility index (Phi) is 3.43. The summed E-state index contributed by atoms with van der Waals surface area (Å²) in [5.41, 5.74) is 4.14. The van der Waals surface area contributed by atoms with Crippen molar-refractivity contribution in [2.24, 2.45) is 0 Å². The first-order valence-corrected chi connectivity index (χ1v) is 7.18. The molecular formula is C19H19B. The lowest BCUT2D eigenvalue weighted by molar-refractivity contribution is 1.66. The summed E-state index contributed by atoms with van der Waals surface area (Å²) >= 11 is 0. The monoisotopic (exact) mass is 258 g/mol. The van der Waals surface area contributed by atoms with Crippen molar-refractivity contribution in [2.75, 3.05) is 0 Å². The molecule has 98 valence electrons. The van der Waals surface area contributed by atoms with Gasteiger partial charge in [-0.25, -0.2) is 16.4 Å². The average molecular weight is 258 g/mol. The van der Waals surface area contributed by atoms with Gasteiger partial charge < -0.3 is 0 Å². The van der Waals surface area contributed by atoms with E-state index in [9.17, 15) is 0 Å². The zero-order valence-corrected chi connectivity index (χ0v) is 11.7. The van der Waals surface area contributed by atoms with Crippen LogP contribution in [0.3, 0.4) is 0 Å². The summed E-state index contributed by atoms with van der Waals surface area (Å²) in [6.07, 6.45) is -0.912. The summed E-state index contributed by atoms with van der Waals surface area (Å²) < 4.78 is 0. The summed E-state index contributed by atoms with van der Waals surface area (Å²) in [5.74, 6) is 0. The highest BCUT2D eigenvalue weighted by molar-refractivity contribution is 7.10. The Morgan fingerprint density at radius 1 is 0.500 bits per heavy atom. The SMILES string of the molecule is C[B-](c1ccccc1)(c1ccccc1)c1ccccc1.[H+]. The normalized spacial score (nSPS) is 11.2. The Labute approximate surface area is 122 Å². The summed E-state index contributed by atoms with van der Waals surface area (Å²) in [7, 11) is 0. The molecule has 0 N–H and O–H groups in total. The van der Waals surface area contributed by atoms with Crippen LogP contribution in [0, 0.1) is 0 Å². The Morgan fingerprint density at radius 2 is 0.750 bits per heavy atom. The zero-order valence-electron chi connectivity index (χ0n) is 12.7. The van der Waals surface area contributed by atoms with E-state index >= 15 is 0 Å². The first-order chi connectivity index (χ1) is 9.82. The number of benzene rings is 3. The van der Waals surface area contributed by atoms with Crippen LogP contribution in [-0.4, -0.2) is 6.15 Å². The second-order valence-electron chi connectivity index (χ2n) is 5.53. The molecule has 0 radical (unpaired) electrons. The molecule has 0 aliphatic carbocycles. The zero-order chi connectivity index (χ0) is 13.8. The van der Waals surface area contributed by atoms with Gasteiger partial charge in [-0.3, -0.25) is 0 Å². The minimum absolute atomic E-state index is 0. The maximum atomic E-state index is 2.36. The van der Waals surface area contributed by atoms with E-state index in [-0.39, 0.29) is 1.43 Å². The molecule has 0 saturated carbocycles. The van der Waals surface area contributed by atoms with Gasteiger partial charge in [0, 0.05) is 0 Å². The highest BCUT2D eigenvalue weighted by Crippen LogP contribution is 2.06. The van der Waals surface area contributed by atoms with Crippen LogP contribution in [-0.2, 0) is 0 Å². The van der Waals surface area contributed by atoms with Crippen LogP contribution < -0.4 is 16.4 Å². The molecule has 20 heavy (non-hydrogen) atoms. The van der Waals surface area contributed by atoms with Gasteiger partial charge in [0.1, 0.15) is 0 Å². The number of hydrogen-bond donors (Lipinski definition) is 0. The molecular weight excluding hydrogens is 239 g/mol. The van der Waals surface area contributed by atoms with Crippen molar-refractivity contribution in [1.82, 2.24) is 0 Å². The molecule has 0 amide bonds. The van der Waals surface area contributed by atoms with E-state index in [2.05, 4.69) is 97.8 Å². The molecule has 0 atom stereocenters. The molecule has 3 aromatic rings. The van der Waals surface area contributed by atoms with Crippen molar-refractivity contribution >= 4 is 22.5 Å². The summed E-state index contributed by atoms with van der Waals surface area (Å²) in [6, 6.07) is 32.4. The van der Waals surface area contributed by atoms with Gasteiger partial charge in [0.15, 0.2) is 0 Å². The number of hydrogen-bond acceptors (Lipinski definition) is 0. The van der Waals surface area contributed by atoms with E-state index in [1.165, 1.54) is 16.4 Å². The molecule has 0 fully saturated rings. The van der Waals surface area contributed by atoms with Gasteiger partial charge in [-0.1, -0.05) is 91.0 Å². The molecule has 3 aromatic carbocycles. The molecule has 0 heterocycles. The lowest BCUT2D eigenvalue weighted by Crippen LogP contribution is -2.64. The molecule has 3 rings (SSSR count). The first-order valence-electron chi connectivity index (χ1n) is 7.18. The van der Waals surface area contributed by atoms with E-state index in [1.54, 1.807) is 0 Å². The van der Waals surface area contributed by atoms with Crippen LogP contribution in [0.15, 0.2) is 91.0 Å². The minimum Gasteiger partial charge on any atom is -0.200 e. The van der Waals surface area contributed by atoms with Gasteiger partial charge in [0.25, 0.3) is 0 Å². The number of rotatable bonds is 3. The summed E-state index contributed by atoms with van der Waals surface area (Å²) in [6.45, 7) is 2.36. The van der Waals surface area contributed by atoms with E-state index in [1.807, 2.05) is 0 Å². The third-order valence-electron chi connectivity index (χ3n) is 4.40. The molecule has 0 aromatic heterocycles. The van der Waals surface area contributed by atoms with Gasteiger partial charge in [-0.15, -0.1) is 0 Å². The van der Waals surface area contributed by atoms with Crippen molar-refractivity contribution in [3.63, 3.8) is 0 Å². The van der Waals surface area contributed by atoms with Crippen LogP contribution >= 0.6 is 0 Å². The van der Waals surface area contributed by atoms with E-state index in [0.29, 0.717) is 0 Å². The lowest BCUT2D eigenvalue weighted by Gasteiger charge is -2.39. The predicted molar refractivity (Wildman–Crippen MR) is 91.0 cm³/mol.